The van der Waals surface area contributed by atoms with Crippen LogP contribution in [0.1, 0.15) is 37.3 Å². The molecule has 0 bridgehead atoms. The molecule has 2 aromatic carbocycles. The number of rotatable bonds is 11. The summed E-state index contributed by atoms with van der Waals surface area (Å²) in [5.41, 5.74) is 1.68. The molecule has 0 N–H and O–H groups in total. The number of alkyl halides is 1. The monoisotopic (exact) mass is 416 g/mol. The van der Waals surface area contributed by atoms with Gasteiger partial charge < -0.3 is 19.0 Å². The molecule has 3 rings (SSSR count). The van der Waals surface area contributed by atoms with Crippen LogP contribution in [0.5, 0.6) is 0 Å². The van der Waals surface area contributed by atoms with Crippen LogP contribution in [0.25, 0.3) is 0 Å². The van der Waals surface area contributed by atoms with Crippen molar-refractivity contribution in [2.24, 2.45) is 0 Å². The van der Waals surface area contributed by atoms with Gasteiger partial charge >= 0.3 is 5.97 Å². The summed E-state index contributed by atoms with van der Waals surface area (Å²) >= 11 is 0. The first-order chi connectivity index (χ1) is 14.6. The van der Waals surface area contributed by atoms with E-state index in [1.165, 1.54) is 26.2 Å². The number of ether oxygens (including phenoxy) is 3. The highest BCUT2D eigenvalue weighted by atomic mass is 19.1. The van der Waals surface area contributed by atoms with Crippen LogP contribution in [0.3, 0.4) is 0 Å². The van der Waals surface area contributed by atoms with Gasteiger partial charge in [-0.05, 0) is 11.1 Å². The second-order valence-corrected chi connectivity index (χ2v) is 7.04. The SMILES string of the molecule is C1CC1.CC(=O)OC[C@H](F)[C@H](OCc1ccccc1)[C@@H](C=O)OCc1ccccc1. The average molecular weight is 416 g/mol. The lowest BCUT2D eigenvalue weighted by Crippen LogP contribution is -2.42. The van der Waals surface area contributed by atoms with Crippen molar-refractivity contribution < 1.29 is 28.2 Å². The smallest absolute Gasteiger partial charge is 0.302 e. The van der Waals surface area contributed by atoms with Gasteiger partial charge in [0.2, 0.25) is 0 Å². The summed E-state index contributed by atoms with van der Waals surface area (Å²) in [5.74, 6) is -0.604. The lowest BCUT2D eigenvalue weighted by Gasteiger charge is -2.26. The van der Waals surface area contributed by atoms with Crippen LogP contribution in [-0.2, 0) is 37.0 Å². The number of carbonyl (C=O) groups is 2. The Hall–Kier alpha value is -2.57. The highest BCUT2D eigenvalue weighted by Crippen LogP contribution is 2.17. The molecule has 6 heteroatoms. The van der Waals surface area contributed by atoms with E-state index in [9.17, 15) is 14.0 Å². The first-order valence-corrected chi connectivity index (χ1v) is 10.1. The van der Waals surface area contributed by atoms with Crippen molar-refractivity contribution in [3.8, 4) is 0 Å². The van der Waals surface area contributed by atoms with Crippen molar-refractivity contribution in [3.63, 3.8) is 0 Å². The highest BCUT2D eigenvalue weighted by Gasteiger charge is 2.32. The molecule has 0 aromatic heterocycles. The van der Waals surface area contributed by atoms with E-state index in [-0.39, 0.29) is 13.2 Å². The molecule has 1 aliphatic carbocycles. The van der Waals surface area contributed by atoms with E-state index in [1.807, 2.05) is 60.7 Å². The predicted octanol–water partition coefficient (Wildman–Crippen LogP) is 4.43. The number of hydrogen-bond donors (Lipinski definition) is 0. The van der Waals surface area contributed by atoms with E-state index in [0.717, 1.165) is 11.1 Å². The molecule has 5 nitrogen and oxygen atoms in total. The summed E-state index contributed by atoms with van der Waals surface area (Å²) in [6.07, 6.45) is 0.965. The molecule has 0 heterocycles. The molecule has 1 saturated carbocycles. The molecular weight excluding hydrogens is 387 g/mol. The first-order valence-electron chi connectivity index (χ1n) is 10.1. The number of halogens is 1. The van der Waals surface area contributed by atoms with Crippen LogP contribution >= 0.6 is 0 Å². The van der Waals surface area contributed by atoms with E-state index in [1.54, 1.807) is 0 Å². The molecule has 0 amide bonds. The topological polar surface area (TPSA) is 61.8 Å². The van der Waals surface area contributed by atoms with Gasteiger partial charge in [0, 0.05) is 6.92 Å². The Labute approximate surface area is 177 Å². The number of hydrogen-bond acceptors (Lipinski definition) is 5. The Morgan fingerprint density at radius 2 is 1.43 bits per heavy atom. The van der Waals surface area contributed by atoms with Gasteiger partial charge in [0.05, 0.1) is 13.2 Å². The predicted molar refractivity (Wildman–Crippen MR) is 111 cm³/mol. The minimum Gasteiger partial charge on any atom is -0.463 e. The summed E-state index contributed by atoms with van der Waals surface area (Å²) in [6, 6.07) is 18.4. The average Bonchev–Trinajstić information content (AvgIpc) is 3.65. The second kappa shape index (κ2) is 13.6. The summed E-state index contributed by atoms with van der Waals surface area (Å²) in [7, 11) is 0. The number of benzene rings is 2. The maximum absolute atomic E-state index is 14.7. The van der Waals surface area contributed by atoms with E-state index >= 15 is 0 Å². The van der Waals surface area contributed by atoms with Gasteiger partial charge in [-0.25, -0.2) is 4.39 Å². The van der Waals surface area contributed by atoms with Crippen molar-refractivity contribution >= 4 is 12.3 Å². The first kappa shape index (κ1) is 23.7. The third-order valence-corrected chi connectivity index (χ3v) is 4.18. The largest absolute Gasteiger partial charge is 0.463 e. The quantitative estimate of drug-likeness (QED) is 0.401. The van der Waals surface area contributed by atoms with Gasteiger partial charge in [-0.1, -0.05) is 79.9 Å². The van der Waals surface area contributed by atoms with Gasteiger partial charge in [-0.15, -0.1) is 0 Å². The molecule has 3 atom stereocenters. The normalized spacial score (nSPS) is 15.1. The van der Waals surface area contributed by atoms with Crippen molar-refractivity contribution in [1.29, 1.82) is 0 Å². The Balaban J connectivity index is 0.000000976. The number of aldehydes is 1. The van der Waals surface area contributed by atoms with Gasteiger partial charge in [0.25, 0.3) is 0 Å². The van der Waals surface area contributed by atoms with Crippen molar-refractivity contribution in [2.75, 3.05) is 6.61 Å². The summed E-state index contributed by atoms with van der Waals surface area (Å²) in [5, 5.41) is 0. The fourth-order valence-electron chi connectivity index (χ4n) is 2.44. The van der Waals surface area contributed by atoms with Crippen molar-refractivity contribution in [3.05, 3.63) is 71.8 Å². The van der Waals surface area contributed by atoms with Crippen molar-refractivity contribution in [1.82, 2.24) is 0 Å². The fourth-order valence-corrected chi connectivity index (χ4v) is 2.44. The number of esters is 1. The molecule has 1 aliphatic rings. The Bertz CT molecular complexity index is 733. The molecular formula is C24H29FO5. The molecule has 1 fully saturated rings. The standard InChI is InChI=1S/C21H23FO5.C3H6/c1-16(24)25-15-19(22)21(27-14-18-10-6-3-7-11-18)20(12-23)26-13-17-8-4-2-5-9-17;1-2-3-1/h2-12,19-21H,13-15H2,1H3;1-3H2/t19-,20+,21-;/m0./s1. The zero-order valence-corrected chi connectivity index (χ0v) is 17.2. The van der Waals surface area contributed by atoms with Crippen LogP contribution in [0.4, 0.5) is 4.39 Å². The molecule has 0 saturated heterocycles. The lowest BCUT2D eigenvalue weighted by atomic mass is 10.1. The van der Waals surface area contributed by atoms with Gasteiger partial charge in [0.15, 0.2) is 12.5 Å². The molecule has 0 spiro atoms. The summed E-state index contributed by atoms with van der Waals surface area (Å²) in [4.78, 5) is 22.5. The minimum absolute atomic E-state index is 0.102. The van der Waals surface area contributed by atoms with Gasteiger partial charge in [-0.2, -0.15) is 0 Å². The van der Waals surface area contributed by atoms with Crippen LogP contribution in [0.2, 0.25) is 0 Å². The maximum atomic E-state index is 14.7. The molecule has 0 unspecified atom stereocenters. The maximum Gasteiger partial charge on any atom is 0.302 e. The van der Waals surface area contributed by atoms with E-state index < -0.39 is 31.0 Å². The van der Waals surface area contributed by atoms with Crippen LogP contribution in [-0.4, -0.2) is 37.2 Å². The van der Waals surface area contributed by atoms with Gasteiger partial charge in [0.1, 0.15) is 18.8 Å². The van der Waals surface area contributed by atoms with E-state index in [2.05, 4.69) is 0 Å². The summed E-state index contributed by atoms with van der Waals surface area (Å²) in [6.45, 7) is 0.921. The third kappa shape index (κ3) is 9.76. The van der Waals surface area contributed by atoms with Gasteiger partial charge in [-0.3, -0.25) is 4.79 Å². The zero-order valence-electron chi connectivity index (χ0n) is 17.2. The van der Waals surface area contributed by atoms with Crippen LogP contribution in [0.15, 0.2) is 60.7 Å². The third-order valence-electron chi connectivity index (χ3n) is 4.18. The van der Waals surface area contributed by atoms with Crippen molar-refractivity contribution in [2.45, 2.75) is 57.8 Å². The van der Waals surface area contributed by atoms with Crippen LogP contribution < -0.4 is 0 Å². The van der Waals surface area contributed by atoms with Crippen LogP contribution in [0, 0.1) is 0 Å². The molecule has 30 heavy (non-hydrogen) atoms. The zero-order chi connectivity index (χ0) is 21.6. The highest BCUT2D eigenvalue weighted by molar-refractivity contribution is 5.65. The molecule has 2 aromatic rings. The summed E-state index contributed by atoms with van der Waals surface area (Å²) < 4.78 is 30.6. The number of carbonyl (C=O) groups excluding carboxylic acids is 2. The van der Waals surface area contributed by atoms with E-state index in [4.69, 9.17) is 14.2 Å². The Morgan fingerprint density at radius 1 is 0.933 bits per heavy atom. The molecule has 162 valence electrons. The fraction of sp³-hybridized carbons (Fsp3) is 0.417. The lowest BCUT2D eigenvalue weighted by molar-refractivity contribution is -0.154. The second-order valence-electron chi connectivity index (χ2n) is 7.04. The molecule has 0 radical (unpaired) electrons. The minimum atomic E-state index is -1.71. The van der Waals surface area contributed by atoms with E-state index in [0.29, 0.717) is 6.29 Å². The Kier molecular flexibility index (Phi) is 10.8. The Morgan fingerprint density at radius 3 is 1.87 bits per heavy atom. The molecule has 0 aliphatic heterocycles.